The summed E-state index contributed by atoms with van der Waals surface area (Å²) in [5, 5.41) is 15.3. The van der Waals surface area contributed by atoms with Crippen LogP contribution in [0.1, 0.15) is 34.8 Å². The van der Waals surface area contributed by atoms with Gasteiger partial charge in [-0.1, -0.05) is 38.1 Å². The van der Waals surface area contributed by atoms with Crippen LogP contribution in [0.4, 0.5) is 5.69 Å². The predicted octanol–water partition coefficient (Wildman–Crippen LogP) is 5.79. The normalized spacial score (nSPS) is 11.1. The van der Waals surface area contributed by atoms with Crippen LogP contribution in [-0.4, -0.2) is 32.3 Å². The monoisotopic (exact) mass is 477 g/mol. The summed E-state index contributed by atoms with van der Waals surface area (Å²) in [5.74, 6) is 0.870. The number of hydrogen-bond donors (Lipinski definition) is 1. The van der Waals surface area contributed by atoms with Crippen LogP contribution < -0.4 is 14.8 Å². The minimum absolute atomic E-state index is 0.245. The van der Waals surface area contributed by atoms with Gasteiger partial charge in [0, 0.05) is 29.3 Å². The number of ether oxygens (including phenoxy) is 3. The van der Waals surface area contributed by atoms with E-state index >= 15 is 0 Å². The Morgan fingerprint density at radius 1 is 1.15 bits per heavy atom. The summed E-state index contributed by atoms with van der Waals surface area (Å²) in [6, 6.07) is 13.6. The fourth-order valence-electron chi connectivity index (χ4n) is 3.38. The van der Waals surface area contributed by atoms with Crippen molar-refractivity contribution < 1.29 is 19.0 Å². The molecule has 1 N–H and O–H groups in total. The first-order chi connectivity index (χ1) is 16.4. The zero-order valence-electron chi connectivity index (χ0n) is 19.8. The van der Waals surface area contributed by atoms with Gasteiger partial charge in [-0.25, -0.2) is 9.78 Å². The van der Waals surface area contributed by atoms with Gasteiger partial charge in [0.25, 0.3) is 0 Å². The molecule has 0 aliphatic rings. The molecule has 0 spiro atoms. The highest BCUT2D eigenvalue weighted by atomic mass is 32.1. The standard InChI is InChI=1S/C26H27N3O4S/c1-16(2)10-17-6-8-18(9-7-17)22-15-34-25(29-22)19(13-27)14-28-21-12-24(32-4)23(31-3)11-20(21)26(30)33-5/h6-9,11-12,14-16,28H,10H2,1-5H3/b19-14+. The van der Waals surface area contributed by atoms with Crippen molar-refractivity contribution in [2.45, 2.75) is 20.3 Å². The van der Waals surface area contributed by atoms with Gasteiger partial charge in [0.1, 0.15) is 16.6 Å². The molecule has 2 aromatic carbocycles. The molecule has 3 rings (SSSR count). The molecule has 1 aromatic heterocycles. The Balaban J connectivity index is 1.88. The maximum absolute atomic E-state index is 12.3. The molecule has 0 bridgehead atoms. The average Bonchev–Trinajstić information content (AvgIpc) is 3.33. The lowest BCUT2D eigenvalue weighted by molar-refractivity contribution is 0.0601. The first kappa shape index (κ1) is 24.8. The molecule has 1 heterocycles. The second-order valence-electron chi connectivity index (χ2n) is 7.89. The third-order valence-corrected chi connectivity index (χ3v) is 5.93. The van der Waals surface area contributed by atoms with Crippen molar-refractivity contribution in [3.63, 3.8) is 0 Å². The number of anilines is 1. The van der Waals surface area contributed by atoms with Crippen molar-refractivity contribution in [2.24, 2.45) is 5.92 Å². The van der Waals surface area contributed by atoms with Crippen LogP contribution in [0.15, 0.2) is 48.0 Å². The van der Waals surface area contributed by atoms with E-state index in [4.69, 9.17) is 14.2 Å². The van der Waals surface area contributed by atoms with Gasteiger partial charge >= 0.3 is 5.97 Å². The summed E-state index contributed by atoms with van der Waals surface area (Å²) in [6.45, 7) is 4.39. The van der Waals surface area contributed by atoms with Crippen molar-refractivity contribution in [3.05, 3.63) is 64.1 Å². The lowest BCUT2D eigenvalue weighted by Gasteiger charge is -2.13. The molecule has 176 valence electrons. The SMILES string of the molecule is COC(=O)c1cc(OC)c(OC)cc1N/C=C(\C#N)c1nc(-c2ccc(CC(C)C)cc2)cs1. The molecule has 0 radical (unpaired) electrons. The summed E-state index contributed by atoms with van der Waals surface area (Å²) in [6.07, 6.45) is 2.54. The number of nitriles is 1. The second kappa shape index (κ2) is 11.3. The molecule has 34 heavy (non-hydrogen) atoms. The zero-order chi connectivity index (χ0) is 24.7. The molecule has 0 aliphatic carbocycles. The molecule has 0 saturated carbocycles. The van der Waals surface area contributed by atoms with Crippen LogP contribution >= 0.6 is 11.3 Å². The van der Waals surface area contributed by atoms with Gasteiger partial charge in [-0.05, 0) is 17.9 Å². The van der Waals surface area contributed by atoms with E-state index in [1.165, 1.54) is 50.5 Å². The van der Waals surface area contributed by atoms with Crippen LogP contribution in [0, 0.1) is 17.2 Å². The van der Waals surface area contributed by atoms with Crippen molar-refractivity contribution in [3.8, 4) is 28.8 Å². The number of esters is 1. The first-order valence-corrected chi connectivity index (χ1v) is 11.5. The van der Waals surface area contributed by atoms with Gasteiger partial charge in [-0.3, -0.25) is 0 Å². The Bertz CT molecular complexity index is 1220. The van der Waals surface area contributed by atoms with E-state index in [1.54, 1.807) is 6.07 Å². The topological polar surface area (TPSA) is 93.5 Å². The fraction of sp³-hybridized carbons (Fsp3) is 0.269. The maximum Gasteiger partial charge on any atom is 0.340 e. The quantitative estimate of drug-likeness (QED) is 0.308. The number of rotatable bonds is 9. The number of aromatic nitrogens is 1. The Morgan fingerprint density at radius 3 is 2.41 bits per heavy atom. The van der Waals surface area contributed by atoms with Gasteiger partial charge < -0.3 is 19.5 Å². The summed E-state index contributed by atoms with van der Waals surface area (Å²) in [5.41, 5.74) is 4.07. The summed E-state index contributed by atoms with van der Waals surface area (Å²) < 4.78 is 15.5. The fourth-order valence-corrected chi connectivity index (χ4v) is 4.18. The Hall–Kier alpha value is -3.83. The van der Waals surface area contributed by atoms with Gasteiger partial charge in [-0.2, -0.15) is 5.26 Å². The minimum Gasteiger partial charge on any atom is -0.493 e. The van der Waals surface area contributed by atoms with Crippen molar-refractivity contribution in [1.82, 2.24) is 4.98 Å². The highest BCUT2D eigenvalue weighted by Crippen LogP contribution is 2.34. The van der Waals surface area contributed by atoms with Crippen LogP contribution in [0.2, 0.25) is 0 Å². The summed E-state index contributed by atoms with van der Waals surface area (Å²) >= 11 is 1.38. The van der Waals surface area contributed by atoms with Crippen molar-refractivity contribution in [2.75, 3.05) is 26.6 Å². The number of thiazole rings is 1. The van der Waals surface area contributed by atoms with E-state index in [1.807, 2.05) is 5.38 Å². The Morgan fingerprint density at radius 2 is 1.82 bits per heavy atom. The molecule has 0 fully saturated rings. The molecule has 3 aromatic rings. The van der Waals surface area contributed by atoms with E-state index in [9.17, 15) is 10.1 Å². The van der Waals surface area contributed by atoms with Crippen LogP contribution in [0.25, 0.3) is 16.8 Å². The van der Waals surface area contributed by atoms with Crippen molar-refractivity contribution in [1.29, 1.82) is 5.26 Å². The predicted molar refractivity (Wildman–Crippen MR) is 134 cm³/mol. The Kier molecular flexibility index (Phi) is 8.28. The third kappa shape index (κ3) is 5.74. The molecule has 0 aliphatic heterocycles. The zero-order valence-corrected chi connectivity index (χ0v) is 20.7. The summed E-state index contributed by atoms with van der Waals surface area (Å²) in [4.78, 5) is 16.9. The number of nitrogens with one attached hydrogen (secondary N) is 1. The molecule has 8 heteroatoms. The number of methoxy groups -OCH3 is 3. The van der Waals surface area contributed by atoms with Crippen LogP contribution in [-0.2, 0) is 11.2 Å². The molecular formula is C26H27N3O4S. The first-order valence-electron chi connectivity index (χ1n) is 10.7. The number of nitrogens with zero attached hydrogens (tertiary/aromatic N) is 2. The van der Waals surface area contributed by atoms with Gasteiger partial charge in [0.2, 0.25) is 0 Å². The van der Waals surface area contributed by atoms with Crippen LogP contribution in [0.5, 0.6) is 11.5 Å². The molecular weight excluding hydrogens is 450 g/mol. The largest absolute Gasteiger partial charge is 0.493 e. The number of carbonyl (C=O) groups is 1. The maximum atomic E-state index is 12.3. The van der Waals surface area contributed by atoms with E-state index in [0.717, 1.165) is 17.7 Å². The second-order valence-corrected chi connectivity index (χ2v) is 8.75. The highest BCUT2D eigenvalue weighted by Gasteiger charge is 2.18. The minimum atomic E-state index is -0.548. The smallest absolute Gasteiger partial charge is 0.340 e. The van der Waals surface area contributed by atoms with Gasteiger partial charge in [-0.15, -0.1) is 11.3 Å². The molecule has 0 amide bonds. The number of hydrogen-bond acceptors (Lipinski definition) is 8. The van der Waals surface area contributed by atoms with E-state index in [2.05, 4.69) is 54.5 Å². The van der Waals surface area contributed by atoms with Gasteiger partial charge in [0.05, 0.1) is 38.3 Å². The average molecular weight is 478 g/mol. The van der Waals surface area contributed by atoms with E-state index < -0.39 is 5.97 Å². The third-order valence-electron chi connectivity index (χ3n) is 5.05. The lowest BCUT2D eigenvalue weighted by Crippen LogP contribution is -2.07. The highest BCUT2D eigenvalue weighted by molar-refractivity contribution is 7.11. The number of benzene rings is 2. The number of carbonyl (C=O) groups excluding carboxylic acids is 1. The van der Waals surface area contributed by atoms with Crippen molar-refractivity contribution >= 4 is 28.6 Å². The molecule has 0 atom stereocenters. The number of allylic oxidation sites excluding steroid dienone is 1. The molecule has 0 saturated heterocycles. The lowest BCUT2D eigenvalue weighted by atomic mass is 10.0. The van der Waals surface area contributed by atoms with Crippen LogP contribution in [0.3, 0.4) is 0 Å². The molecule has 7 nitrogen and oxygen atoms in total. The van der Waals surface area contributed by atoms with E-state index in [-0.39, 0.29) is 5.56 Å². The summed E-state index contributed by atoms with van der Waals surface area (Å²) in [7, 11) is 4.28. The van der Waals surface area contributed by atoms with E-state index in [0.29, 0.717) is 33.7 Å². The molecule has 0 unspecified atom stereocenters. The van der Waals surface area contributed by atoms with Gasteiger partial charge in [0.15, 0.2) is 11.5 Å². The Labute approximate surface area is 203 Å².